The zero-order valence-electron chi connectivity index (χ0n) is 19.2. The fourth-order valence-electron chi connectivity index (χ4n) is 3.70. The molecule has 0 spiro atoms. The molecule has 13 nitrogen and oxygen atoms in total. The fourth-order valence-corrected chi connectivity index (χ4v) is 4.75. The first-order valence-electron chi connectivity index (χ1n) is 11.4. The number of hydrogen-bond acceptors (Lipinski definition) is 10. The zero-order valence-corrected chi connectivity index (χ0v) is 20.1. The highest BCUT2D eigenvalue weighted by Crippen LogP contribution is 2.48. The molecule has 2 aromatic rings. The number of carbonyl (C=O) groups excluding carboxylic acids is 2. The SMILES string of the molecule is NCCCCC(N)C(=O)Nc1ccc2c(c1)COP(OCC1CCC(n3cnc(C(N)=O)n3)O1)O2. The van der Waals surface area contributed by atoms with Crippen molar-refractivity contribution in [3.63, 3.8) is 0 Å². The van der Waals surface area contributed by atoms with Gasteiger partial charge in [0.15, 0.2) is 6.23 Å². The lowest BCUT2D eigenvalue weighted by atomic mass is 10.1. The molecule has 4 atom stereocenters. The number of carbonyl (C=O) groups is 2. The van der Waals surface area contributed by atoms with Gasteiger partial charge in [0.2, 0.25) is 11.7 Å². The molecule has 1 aromatic heterocycles. The smallest absolute Gasteiger partial charge is 0.397 e. The van der Waals surface area contributed by atoms with Crippen molar-refractivity contribution in [1.82, 2.24) is 14.8 Å². The molecule has 1 aromatic carbocycles. The van der Waals surface area contributed by atoms with Crippen molar-refractivity contribution in [1.29, 1.82) is 0 Å². The van der Waals surface area contributed by atoms with Gasteiger partial charge in [0.1, 0.15) is 12.1 Å². The van der Waals surface area contributed by atoms with E-state index >= 15 is 0 Å². The summed E-state index contributed by atoms with van der Waals surface area (Å²) in [5.74, 6) is -0.337. The van der Waals surface area contributed by atoms with E-state index < -0.39 is 20.6 Å². The number of fused-ring (bicyclic) bond motifs is 1. The molecule has 4 rings (SSSR count). The van der Waals surface area contributed by atoms with E-state index in [1.807, 2.05) is 0 Å². The Labute approximate surface area is 203 Å². The number of primary amides is 1. The third-order valence-electron chi connectivity index (χ3n) is 5.61. The summed E-state index contributed by atoms with van der Waals surface area (Å²) in [7, 11) is -1.59. The number of hydrogen-bond donors (Lipinski definition) is 4. The number of amides is 2. The van der Waals surface area contributed by atoms with E-state index in [2.05, 4.69) is 15.4 Å². The molecule has 7 N–H and O–H groups in total. The minimum Gasteiger partial charge on any atom is -0.426 e. The molecule has 0 aliphatic carbocycles. The summed E-state index contributed by atoms with van der Waals surface area (Å²) in [4.78, 5) is 27.3. The number of benzene rings is 1. The normalized spacial score (nSPS) is 22.3. The van der Waals surface area contributed by atoms with Crippen LogP contribution in [0.3, 0.4) is 0 Å². The van der Waals surface area contributed by atoms with Crippen LogP contribution >= 0.6 is 8.60 Å². The number of unbranched alkanes of at least 4 members (excludes halogenated alkanes) is 1. The van der Waals surface area contributed by atoms with Gasteiger partial charge in [0.25, 0.3) is 5.91 Å². The summed E-state index contributed by atoms with van der Waals surface area (Å²) in [5, 5.41) is 6.87. The molecule has 1 fully saturated rings. The first-order valence-corrected chi connectivity index (χ1v) is 12.5. The van der Waals surface area contributed by atoms with Gasteiger partial charge in [-0.05, 0) is 50.4 Å². The Morgan fingerprint density at radius 2 is 2.17 bits per heavy atom. The molecule has 2 aliphatic rings. The van der Waals surface area contributed by atoms with E-state index in [-0.39, 0.29) is 37.3 Å². The van der Waals surface area contributed by atoms with E-state index in [0.717, 1.165) is 24.8 Å². The molecule has 0 saturated carbocycles. The molecule has 190 valence electrons. The van der Waals surface area contributed by atoms with Crippen molar-refractivity contribution < 1.29 is 27.9 Å². The number of aromatic nitrogens is 3. The van der Waals surface area contributed by atoms with Gasteiger partial charge >= 0.3 is 8.60 Å². The van der Waals surface area contributed by atoms with E-state index in [0.29, 0.717) is 30.8 Å². The molecule has 1 saturated heterocycles. The summed E-state index contributed by atoms with van der Waals surface area (Å²) in [6.07, 6.45) is 4.58. The highest BCUT2D eigenvalue weighted by molar-refractivity contribution is 7.42. The monoisotopic (exact) mass is 507 g/mol. The minimum absolute atomic E-state index is 0.0486. The predicted octanol–water partition coefficient (Wildman–Crippen LogP) is 1.30. The Morgan fingerprint density at radius 1 is 1.31 bits per heavy atom. The second kappa shape index (κ2) is 11.8. The zero-order chi connectivity index (χ0) is 24.8. The van der Waals surface area contributed by atoms with Crippen molar-refractivity contribution in [2.45, 2.75) is 57.1 Å². The number of nitrogens with two attached hydrogens (primary N) is 3. The number of ether oxygens (including phenoxy) is 1. The van der Waals surface area contributed by atoms with Gasteiger partial charge in [-0.3, -0.25) is 18.6 Å². The number of anilines is 1. The van der Waals surface area contributed by atoms with Crippen LogP contribution in [0.15, 0.2) is 24.5 Å². The van der Waals surface area contributed by atoms with Crippen LogP contribution in [-0.4, -0.2) is 51.9 Å². The van der Waals surface area contributed by atoms with E-state index in [9.17, 15) is 9.59 Å². The van der Waals surface area contributed by atoms with Crippen LogP contribution in [0.25, 0.3) is 0 Å². The maximum atomic E-state index is 12.3. The molecular weight excluding hydrogens is 477 g/mol. The molecule has 4 unspecified atom stereocenters. The van der Waals surface area contributed by atoms with E-state index in [1.165, 1.54) is 11.0 Å². The van der Waals surface area contributed by atoms with Crippen LogP contribution in [0.1, 0.15) is 54.5 Å². The number of nitrogens with one attached hydrogen (secondary N) is 1. The summed E-state index contributed by atoms with van der Waals surface area (Å²) in [5.41, 5.74) is 18.0. The van der Waals surface area contributed by atoms with Crippen molar-refractivity contribution in [2.24, 2.45) is 17.2 Å². The van der Waals surface area contributed by atoms with Gasteiger partial charge in [-0.15, -0.1) is 5.10 Å². The summed E-state index contributed by atoms with van der Waals surface area (Å²) in [6.45, 7) is 1.16. The second-order valence-corrected chi connectivity index (χ2v) is 9.44. The molecule has 2 amide bonds. The highest BCUT2D eigenvalue weighted by Gasteiger charge is 2.31. The maximum Gasteiger partial charge on any atom is 0.397 e. The van der Waals surface area contributed by atoms with E-state index in [4.69, 9.17) is 35.5 Å². The Morgan fingerprint density at radius 3 is 2.94 bits per heavy atom. The molecule has 3 heterocycles. The standard InChI is InChI=1S/C21H30N7O6P/c22-8-2-1-3-16(23)21(30)26-14-4-6-17-13(9-14)10-31-35(34-17)32-11-15-5-7-18(33-15)28-12-25-20(27-28)19(24)29/h4,6,9,12,15-16,18H,1-3,5,7-8,10-11,22-23H2,(H2,24,29)(H,26,30). The fraction of sp³-hybridized carbons (Fsp3) is 0.524. The predicted molar refractivity (Wildman–Crippen MR) is 126 cm³/mol. The summed E-state index contributed by atoms with van der Waals surface area (Å²) in [6, 6.07) is 4.74. The van der Waals surface area contributed by atoms with E-state index in [1.54, 1.807) is 18.2 Å². The topological polar surface area (TPSA) is 192 Å². The number of rotatable bonds is 11. The average molecular weight is 507 g/mol. The lowest BCUT2D eigenvalue weighted by Crippen LogP contribution is -2.35. The summed E-state index contributed by atoms with van der Waals surface area (Å²) >= 11 is 0. The maximum absolute atomic E-state index is 12.3. The Bertz CT molecular complexity index is 1040. The van der Waals surface area contributed by atoms with Crippen LogP contribution < -0.4 is 27.0 Å². The van der Waals surface area contributed by atoms with Crippen molar-refractivity contribution in [3.05, 3.63) is 35.9 Å². The van der Waals surface area contributed by atoms with Crippen molar-refractivity contribution in [3.8, 4) is 5.75 Å². The molecule has 0 bridgehead atoms. The first-order chi connectivity index (χ1) is 16.9. The van der Waals surface area contributed by atoms with Crippen LogP contribution in [-0.2, 0) is 25.2 Å². The first kappa shape index (κ1) is 25.4. The quantitative estimate of drug-likeness (QED) is 0.254. The van der Waals surface area contributed by atoms with Crippen LogP contribution in [0.2, 0.25) is 0 Å². The molecule has 35 heavy (non-hydrogen) atoms. The third kappa shape index (κ3) is 6.72. The average Bonchev–Trinajstić information content (AvgIpc) is 3.52. The van der Waals surface area contributed by atoms with Gasteiger partial charge in [-0.2, -0.15) is 0 Å². The highest BCUT2D eigenvalue weighted by atomic mass is 31.2. The summed E-state index contributed by atoms with van der Waals surface area (Å²) < 4.78 is 24.8. The van der Waals surface area contributed by atoms with Crippen molar-refractivity contribution >= 4 is 26.1 Å². The second-order valence-electron chi connectivity index (χ2n) is 8.29. The Balaban J connectivity index is 1.22. The van der Waals surface area contributed by atoms with Crippen LogP contribution in [0.4, 0.5) is 5.69 Å². The van der Waals surface area contributed by atoms with Crippen molar-refractivity contribution in [2.75, 3.05) is 18.5 Å². The molecule has 2 aliphatic heterocycles. The molecule has 14 heteroatoms. The Kier molecular flexibility index (Phi) is 8.60. The minimum atomic E-state index is -1.59. The van der Waals surface area contributed by atoms with Crippen LogP contribution in [0, 0.1) is 0 Å². The van der Waals surface area contributed by atoms with Gasteiger partial charge in [0.05, 0.1) is 25.4 Å². The third-order valence-corrected chi connectivity index (χ3v) is 6.65. The van der Waals surface area contributed by atoms with Crippen LogP contribution in [0.5, 0.6) is 5.75 Å². The van der Waals surface area contributed by atoms with Gasteiger partial charge in [-0.25, -0.2) is 9.67 Å². The van der Waals surface area contributed by atoms with Gasteiger partial charge in [-0.1, -0.05) is 6.42 Å². The lowest BCUT2D eigenvalue weighted by Gasteiger charge is -2.25. The Hall–Kier alpha value is -2.67. The van der Waals surface area contributed by atoms with Gasteiger partial charge < -0.3 is 31.8 Å². The lowest BCUT2D eigenvalue weighted by molar-refractivity contribution is -0.117. The van der Waals surface area contributed by atoms with Gasteiger partial charge in [0, 0.05) is 11.3 Å². The molecule has 0 radical (unpaired) electrons. The largest absolute Gasteiger partial charge is 0.426 e. The number of nitrogens with zero attached hydrogens (tertiary/aromatic N) is 3. The molecular formula is C21H30N7O6P.